The van der Waals surface area contributed by atoms with Crippen LogP contribution in [0.1, 0.15) is 33.8 Å². The number of hydrogen-bond acceptors (Lipinski definition) is 6. The predicted octanol–water partition coefficient (Wildman–Crippen LogP) is 4.06. The van der Waals surface area contributed by atoms with Crippen molar-refractivity contribution in [2.24, 2.45) is 0 Å². The first kappa shape index (κ1) is 19.1. The lowest BCUT2D eigenvalue weighted by Crippen LogP contribution is -2.23. The third-order valence-electron chi connectivity index (χ3n) is 4.99. The van der Waals surface area contributed by atoms with Gasteiger partial charge in [-0.05, 0) is 24.6 Å². The van der Waals surface area contributed by atoms with Gasteiger partial charge in [-0.2, -0.15) is 0 Å². The van der Waals surface area contributed by atoms with Gasteiger partial charge in [0.05, 0.1) is 5.22 Å². The number of carbonyl (C=O) groups is 2. The topological polar surface area (TPSA) is 113 Å². The van der Waals surface area contributed by atoms with Crippen LogP contribution in [0.4, 0.5) is 9.39 Å². The molecule has 3 aromatic heterocycles. The average Bonchev–Trinajstić information content (AvgIpc) is 3.44. The monoisotopic (exact) mass is 439 g/mol. The number of phenolic OH excluding ortho intramolecular Hbond substituents is 1. The fourth-order valence-electron chi connectivity index (χ4n) is 3.53. The highest BCUT2D eigenvalue weighted by molar-refractivity contribution is 7.15. The molecule has 0 saturated carbocycles. The van der Waals surface area contributed by atoms with E-state index in [-0.39, 0.29) is 56.4 Å². The lowest BCUT2D eigenvalue weighted by atomic mass is 10.1. The Hall–Kier alpha value is -3.85. The molecule has 1 amide bonds. The van der Waals surface area contributed by atoms with Crippen molar-refractivity contribution in [1.29, 1.82) is 0 Å². The average molecular weight is 439 g/mol. The number of thiophene rings is 1. The second kappa shape index (κ2) is 7.13. The lowest BCUT2D eigenvalue weighted by Gasteiger charge is -2.03. The number of rotatable bonds is 4. The van der Waals surface area contributed by atoms with E-state index in [1.165, 1.54) is 12.1 Å². The zero-order valence-electron chi connectivity index (χ0n) is 15.8. The molecule has 3 heterocycles. The summed E-state index contributed by atoms with van der Waals surface area (Å²) < 4.78 is 25.1. The molecule has 5 rings (SSSR count). The minimum Gasteiger partial charge on any atom is -0.504 e. The van der Waals surface area contributed by atoms with E-state index in [1.54, 1.807) is 29.7 Å². The first-order valence-electron chi connectivity index (χ1n) is 9.29. The molecule has 3 N–H and O–H groups in total. The molecule has 0 unspecified atom stereocenters. The summed E-state index contributed by atoms with van der Waals surface area (Å²) in [6.07, 6.45) is 2.44. The molecular weight excluding hydrogens is 425 g/mol. The van der Waals surface area contributed by atoms with Crippen LogP contribution < -0.4 is 16.0 Å². The fourth-order valence-corrected chi connectivity index (χ4v) is 4.47. The molecule has 0 spiro atoms. The number of furan rings is 2. The van der Waals surface area contributed by atoms with E-state index >= 15 is 0 Å². The van der Waals surface area contributed by atoms with Crippen LogP contribution in [0.3, 0.4) is 0 Å². The zero-order valence-corrected chi connectivity index (χ0v) is 16.6. The molecule has 0 radical (unpaired) electrons. The second-order valence-electron chi connectivity index (χ2n) is 6.96. The lowest BCUT2D eigenvalue weighted by molar-refractivity contribution is 0.0699. The summed E-state index contributed by atoms with van der Waals surface area (Å²) in [5, 5.41) is 24.7. The van der Waals surface area contributed by atoms with Crippen molar-refractivity contribution < 1.29 is 33.0 Å². The van der Waals surface area contributed by atoms with Crippen LogP contribution in [0.5, 0.6) is 5.75 Å². The molecule has 1 aliphatic carbocycles. The molecule has 4 aromatic rings. The van der Waals surface area contributed by atoms with Crippen LogP contribution in [0.15, 0.2) is 44.5 Å². The molecule has 0 fully saturated rings. The van der Waals surface area contributed by atoms with Gasteiger partial charge in [-0.3, -0.25) is 4.79 Å². The summed E-state index contributed by atoms with van der Waals surface area (Å²) in [6, 6.07) is 7.77. The third kappa shape index (κ3) is 3.19. The van der Waals surface area contributed by atoms with E-state index in [2.05, 4.69) is 5.32 Å². The maximum atomic E-state index is 14.0. The van der Waals surface area contributed by atoms with Gasteiger partial charge in [-0.15, -0.1) is 11.3 Å². The van der Waals surface area contributed by atoms with Crippen molar-refractivity contribution in [2.45, 2.75) is 12.8 Å². The maximum Gasteiger partial charge on any atom is 0.339 e. The minimum absolute atomic E-state index is 0.0630. The van der Waals surface area contributed by atoms with Gasteiger partial charge in [-0.25, -0.2) is 9.18 Å². The molecule has 0 atom stereocenters. The molecular formula is C22H14FNO6S. The van der Waals surface area contributed by atoms with E-state index in [9.17, 15) is 24.2 Å². The predicted molar refractivity (Wildman–Crippen MR) is 112 cm³/mol. The molecule has 9 heteroatoms. The number of anilines is 1. The van der Waals surface area contributed by atoms with Gasteiger partial charge < -0.3 is 24.4 Å². The van der Waals surface area contributed by atoms with Crippen molar-refractivity contribution >= 4 is 51.1 Å². The summed E-state index contributed by atoms with van der Waals surface area (Å²) in [7, 11) is 0. The number of carbonyl (C=O) groups excluding carboxylic acids is 1. The molecule has 0 bridgehead atoms. The number of carboxylic acids is 1. The number of benzene rings is 1. The summed E-state index contributed by atoms with van der Waals surface area (Å²) >= 11 is 1.01. The highest BCUT2D eigenvalue weighted by Crippen LogP contribution is 2.39. The molecule has 0 aliphatic heterocycles. The number of phenols is 1. The number of fused-ring (bicyclic) bond motifs is 2. The van der Waals surface area contributed by atoms with Crippen LogP contribution in [-0.4, -0.2) is 22.1 Å². The number of hydrogen-bond donors (Lipinski definition) is 3. The Balaban J connectivity index is 1.53. The van der Waals surface area contributed by atoms with Crippen LogP contribution in [0, 0.1) is 0 Å². The summed E-state index contributed by atoms with van der Waals surface area (Å²) in [5.41, 5.74) is 0.634. The molecule has 0 saturated heterocycles. The first-order valence-corrected chi connectivity index (χ1v) is 10.2. The van der Waals surface area contributed by atoms with E-state index in [0.717, 1.165) is 11.3 Å². The Kier molecular flexibility index (Phi) is 4.40. The minimum atomic E-state index is -1.26. The fraction of sp³-hybridized carbons (Fsp3) is 0.0909. The van der Waals surface area contributed by atoms with Crippen molar-refractivity contribution in [2.75, 3.05) is 5.32 Å². The summed E-state index contributed by atoms with van der Waals surface area (Å²) in [5.74, 6) is -2.23. The molecule has 31 heavy (non-hydrogen) atoms. The number of carboxylic acid groups (broad SMARTS) is 1. The number of amides is 1. The van der Waals surface area contributed by atoms with E-state index in [1.807, 2.05) is 0 Å². The van der Waals surface area contributed by atoms with Gasteiger partial charge in [0.2, 0.25) is 0 Å². The highest BCUT2D eigenvalue weighted by Gasteiger charge is 2.25. The molecule has 1 aromatic carbocycles. The van der Waals surface area contributed by atoms with E-state index in [0.29, 0.717) is 17.2 Å². The Bertz CT molecular complexity index is 1490. The Labute approximate surface area is 177 Å². The second-order valence-corrected chi connectivity index (χ2v) is 7.83. The van der Waals surface area contributed by atoms with Gasteiger partial charge in [0.15, 0.2) is 17.1 Å². The molecule has 156 valence electrons. The van der Waals surface area contributed by atoms with Crippen LogP contribution in [0.2, 0.25) is 0 Å². The van der Waals surface area contributed by atoms with Crippen molar-refractivity contribution in [1.82, 2.24) is 0 Å². The van der Waals surface area contributed by atoms with E-state index < -0.39 is 11.9 Å². The summed E-state index contributed by atoms with van der Waals surface area (Å²) in [4.78, 5) is 24.6. The Morgan fingerprint density at radius 3 is 2.77 bits per heavy atom. The van der Waals surface area contributed by atoms with Crippen molar-refractivity contribution in [3.05, 3.63) is 57.7 Å². The number of halogens is 1. The quantitative estimate of drug-likeness (QED) is 0.442. The van der Waals surface area contributed by atoms with Gasteiger partial charge in [-0.1, -0.05) is 12.1 Å². The highest BCUT2D eigenvalue weighted by atomic mass is 32.1. The largest absolute Gasteiger partial charge is 0.504 e. The Morgan fingerprint density at radius 2 is 2.03 bits per heavy atom. The number of nitrogens with one attached hydrogen (secondary N) is 1. The van der Waals surface area contributed by atoms with Crippen LogP contribution in [0.25, 0.3) is 34.2 Å². The van der Waals surface area contributed by atoms with Crippen LogP contribution in [-0.2, 0) is 0 Å². The maximum absolute atomic E-state index is 14.0. The third-order valence-corrected chi connectivity index (χ3v) is 5.89. The smallest absolute Gasteiger partial charge is 0.339 e. The first-order chi connectivity index (χ1) is 14.9. The number of aromatic hydroxyl groups is 1. The molecule has 1 aliphatic rings. The van der Waals surface area contributed by atoms with Crippen LogP contribution >= 0.6 is 11.3 Å². The van der Waals surface area contributed by atoms with Gasteiger partial charge in [0.1, 0.15) is 27.6 Å². The van der Waals surface area contributed by atoms with Gasteiger partial charge >= 0.3 is 5.97 Å². The molecule has 7 nitrogen and oxygen atoms in total. The van der Waals surface area contributed by atoms with Crippen molar-refractivity contribution in [3.8, 4) is 17.1 Å². The summed E-state index contributed by atoms with van der Waals surface area (Å²) in [6.45, 7) is 0. The van der Waals surface area contributed by atoms with Gasteiger partial charge in [0, 0.05) is 28.8 Å². The van der Waals surface area contributed by atoms with E-state index in [4.69, 9.17) is 8.83 Å². The zero-order chi connectivity index (χ0) is 21.7. The number of para-hydroxylation sites is 1. The van der Waals surface area contributed by atoms with Crippen molar-refractivity contribution in [3.63, 3.8) is 0 Å². The normalized spacial score (nSPS) is 13.1. The van der Waals surface area contributed by atoms with Gasteiger partial charge in [0.25, 0.3) is 5.91 Å². The number of aromatic carboxylic acids is 1. The Morgan fingerprint density at radius 1 is 1.19 bits per heavy atom. The standard InChI is InChI=1S/C22H14FNO6S/c23-13-4-2-6-15-11(13)8-17(29-15)20(26)24-21-18(22(27)28)12(9-31-21)16-7-10-3-1-5-14(25)19(10)30-16/h1,3,5-9,25H,2,4H2,(H,24,26)(H,27,28). The SMILES string of the molecule is O=C(Nc1scc(-c2cc3cccc(O)c3o2)c1C(=O)O)c1cc2c(o1)=CCCC=2F.